The summed E-state index contributed by atoms with van der Waals surface area (Å²) < 4.78 is 90.8. The lowest BCUT2D eigenvalue weighted by atomic mass is 10.0. The zero-order valence-electron chi connectivity index (χ0n) is 25.1. The number of anilines is 2. The molecule has 0 bridgehead atoms. The Morgan fingerprint density at radius 3 is 1.57 bits per heavy atom. The molecule has 14 heteroatoms. The van der Waals surface area contributed by atoms with Gasteiger partial charge >= 0.3 is 0 Å². The first-order chi connectivity index (χ1) is 20.8. The summed E-state index contributed by atoms with van der Waals surface area (Å²) in [4.78, 5) is 0.107. The molecule has 0 spiro atoms. The Labute approximate surface area is 257 Å². The summed E-state index contributed by atoms with van der Waals surface area (Å²) in [6.07, 6.45) is 5.28. The number of hydrogen-bond acceptors (Lipinski definition) is 8. The van der Waals surface area contributed by atoms with Crippen LogP contribution in [0.15, 0.2) is 79.5 Å². The summed E-state index contributed by atoms with van der Waals surface area (Å²) in [7, 11) is -7.51. The second-order valence-electron chi connectivity index (χ2n) is 10.3. The predicted molar refractivity (Wildman–Crippen MR) is 164 cm³/mol. The van der Waals surface area contributed by atoms with Crippen molar-refractivity contribution in [2.75, 3.05) is 9.44 Å². The van der Waals surface area contributed by atoms with Gasteiger partial charge in [-0.2, -0.15) is 0 Å². The highest BCUT2D eigenvalue weighted by Gasteiger charge is 2.31. The first kappa shape index (κ1) is 34.7. The van der Waals surface area contributed by atoms with E-state index in [4.69, 9.17) is 9.05 Å². The normalized spacial score (nSPS) is 12.0. The lowest BCUT2D eigenvalue weighted by molar-refractivity contribution is -0.0154. The molecule has 0 aliphatic heterocycles. The standard InChI is InChI=1S/C15H18F2N2O3S.C15H20N2O3S/c1-3-4-9-15(16,17)12-5-7-13(8-6-12)23(20,21)19-14-10-11(2)22-18-14;1-3-4-5-6-13-7-9-14(10-8-13)21(18,19)17-15-11-12(2)20-16-15/h5-8,10H,3-4,9H2,1-2H3,(H,18,19);7-11H,3-6H2,1-2H3,(H,16,17). The Hall–Kier alpha value is -3.78. The van der Waals surface area contributed by atoms with E-state index in [1.807, 2.05) is 19.1 Å². The Morgan fingerprint density at radius 2 is 1.16 bits per heavy atom. The van der Waals surface area contributed by atoms with Gasteiger partial charge in [-0.3, -0.25) is 9.44 Å². The number of rotatable bonds is 14. The van der Waals surface area contributed by atoms with E-state index >= 15 is 0 Å². The van der Waals surface area contributed by atoms with Crippen molar-refractivity contribution >= 4 is 31.7 Å². The van der Waals surface area contributed by atoms with E-state index < -0.39 is 26.0 Å². The summed E-state index contributed by atoms with van der Waals surface area (Å²) in [5, 5.41) is 7.16. The molecule has 240 valence electrons. The molecule has 0 atom stereocenters. The molecule has 0 unspecified atom stereocenters. The second kappa shape index (κ2) is 15.3. The van der Waals surface area contributed by atoms with Crippen molar-refractivity contribution in [1.29, 1.82) is 0 Å². The van der Waals surface area contributed by atoms with Crippen molar-refractivity contribution < 1.29 is 34.7 Å². The van der Waals surface area contributed by atoms with Crippen molar-refractivity contribution in [3.63, 3.8) is 0 Å². The number of unbranched alkanes of at least 4 members (excludes halogenated alkanes) is 3. The van der Waals surface area contributed by atoms with Gasteiger partial charge in [0.05, 0.1) is 9.79 Å². The van der Waals surface area contributed by atoms with Crippen LogP contribution in [-0.2, 0) is 32.4 Å². The third kappa shape index (κ3) is 10.2. The van der Waals surface area contributed by atoms with E-state index in [1.165, 1.54) is 25.0 Å². The number of nitrogens with zero attached hydrogens (tertiary/aromatic N) is 2. The Kier molecular flexibility index (Phi) is 12.1. The molecule has 0 saturated carbocycles. The molecule has 0 aliphatic rings. The van der Waals surface area contributed by atoms with Gasteiger partial charge in [0.15, 0.2) is 11.6 Å². The molecule has 10 nitrogen and oxygen atoms in total. The number of sulfonamides is 2. The fourth-order valence-electron chi connectivity index (χ4n) is 4.06. The van der Waals surface area contributed by atoms with Gasteiger partial charge in [0.2, 0.25) is 0 Å². The van der Waals surface area contributed by atoms with Gasteiger partial charge in [0, 0.05) is 24.1 Å². The molecule has 0 amide bonds. The van der Waals surface area contributed by atoms with Crippen LogP contribution in [0.3, 0.4) is 0 Å². The molecule has 0 saturated heterocycles. The monoisotopic (exact) mass is 652 g/mol. The molecule has 0 aliphatic carbocycles. The summed E-state index contributed by atoms with van der Waals surface area (Å²) >= 11 is 0. The summed E-state index contributed by atoms with van der Waals surface area (Å²) in [6, 6.07) is 14.5. The topological polar surface area (TPSA) is 144 Å². The van der Waals surface area contributed by atoms with Gasteiger partial charge in [-0.1, -0.05) is 67.7 Å². The average Bonchev–Trinajstić information content (AvgIpc) is 3.58. The SMILES string of the molecule is CCCCC(F)(F)c1ccc(S(=O)(=O)Nc2cc(C)on2)cc1.CCCCCc1ccc(S(=O)(=O)Nc2cc(C)on2)cc1. The van der Waals surface area contributed by atoms with E-state index in [1.54, 1.807) is 26.0 Å². The van der Waals surface area contributed by atoms with Crippen LogP contribution in [0.1, 0.15) is 75.0 Å². The minimum atomic E-state index is -3.90. The van der Waals surface area contributed by atoms with Gasteiger partial charge in [-0.05, 0) is 62.9 Å². The third-order valence-corrected chi connectivity index (χ3v) is 9.21. The largest absolute Gasteiger partial charge is 0.360 e. The summed E-state index contributed by atoms with van der Waals surface area (Å²) in [6.45, 7) is 7.32. The fraction of sp³-hybridized carbons (Fsp3) is 0.400. The molecule has 4 rings (SSSR count). The van der Waals surface area contributed by atoms with Gasteiger partial charge in [0.1, 0.15) is 11.5 Å². The number of aryl methyl sites for hydroxylation is 3. The summed E-state index contributed by atoms with van der Waals surface area (Å²) in [5.41, 5.74) is 0.960. The Balaban J connectivity index is 0.000000241. The van der Waals surface area contributed by atoms with Crippen LogP contribution < -0.4 is 9.44 Å². The van der Waals surface area contributed by atoms with Gasteiger partial charge in [-0.15, -0.1) is 0 Å². The second-order valence-corrected chi connectivity index (χ2v) is 13.7. The minimum absolute atomic E-state index is 0.0415. The number of hydrogen-bond donors (Lipinski definition) is 2. The predicted octanol–water partition coefficient (Wildman–Crippen LogP) is 7.58. The van der Waals surface area contributed by atoms with E-state index in [9.17, 15) is 25.6 Å². The molecule has 0 fully saturated rings. The van der Waals surface area contributed by atoms with Crippen molar-refractivity contribution in [1.82, 2.24) is 10.3 Å². The first-order valence-electron chi connectivity index (χ1n) is 14.3. The third-order valence-electron chi connectivity index (χ3n) is 6.47. The van der Waals surface area contributed by atoms with E-state index in [0.717, 1.165) is 42.7 Å². The van der Waals surface area contributed by atoms with Crippen molar-refractivity contribution in [3.05, 3.63) is 83.3 Å². The number of nitrogens with one attached hydrogen (secondary N) is 2. The van der Waals surface area contributed by atoms with E-state index in [0.29, 0.717) is 24.4 Å². The van der Waals surface area contributed by atoms with Crippen LogP contribution in [0.2, 0.25) is 0 Å². The minimum Gasteiger partial charge on any atom is -0.360 e. The number of benzene rings is 2. The molecule has 2 aromatic heterocycles. The number of alkyl halides is 2. The molecular formula is C30H38F2N4O6S2. The smallest absolute Gasteiger partial charge is 0.273 e. The molecule has 0 radical (unpaired) electrons. The molecular weight excluding hydrogens is 614 g/mol. The average molecular weight is 653 g/mol. The molecule has 2 N–H and O–H groups in total. The zero-order valence-corrected chi connectivity index (χ0v) is 26.8. The van der Waals surface area contributed by atoms with Crippen LogP contribution >= 0.6 is 0 Å². The van der Waals surface area contributed by atoms with Crippen LogP contribution in [0.5, 0.6) is 0 Å². The van der Waals surface area contributed by atoms with Gasteiger partial charge in [0.25, 0.3) is 26.0 Å². The van der Waals surface area contributed by atoms with Crippen molar-refractivity contribution in [2.24, 2.45) is 0 Å². The van der Waals surface area contributed by atoms with Gasteiger partial charge in [-0.25, -0.2) is 25.6 Å². The zero-order chi connectivity index (χ0) is 32.4. The van der Waals surface area contributed by atoms with Crippen LogP contribution in [0, 0.1) is 13.8 Å². The molecule has 44 heavy (non-hydrogen) atoms. The lowest BCUT2D eigenvalue weighted by Crippen LogP contribution is -2.15. The highest BCUT2D eigenvalue weighted by molar-refractivity contribution is 7.93. The number of halogens is 2. The number of aromatic nitrogens is 2. The maximum absolute atomic E-state index is 13.9. The van der Waals surface area contributed by atoms with Crippen molar-refractivity contribution in [3.8, 4) is 0 Å². The molecule has 2 aromatic carbocycles. The van der Waals surface area contributed by atoms with Gasteiger partial charge < -0.3 is 9.05 Å². The van der Waals surface area contributed by atoms with E-state index in [2.05, 4.69) is 26.7 Å². The van der Waals surface area contributed by atoms with E-state index in [-0.39, 0.29) is 33.4 Å². The van der Waals surface area contributed by atoms with Crippen molar-refractivity contribution in [2.45, 2.75) is 88.4 Å². The lowest BCUT2D eigenvalue weighted by Gasteiger charge is -2.16. The molecule has 2 heterocycles. The fourth-order valence-corrected chi connectivity index (χ4v) is 6.03. The molecule has 4 aromatic rings. The highest BCUT2D eigenvalue weighted by atomic mass is 32.2. The quantitative estimate of drug-likeness (QED) is 0.133. The first-order valence-corrected chi connectivity index (χ1v) is 17.2. The summed E-state index contributed by atoms with van der Waals surface area (Å²) in [5.74, 6) is -1.72. The highest BCUT2D eigenvalue weighted by Crippen LogP contribution is 2.34. The van der Waals surface area contributed by atoms with Crippen LogP contribution in [0.25, 0.3) is 0 Å². The Bertz CT molecular complexity index is 1690. The Morgan fingerprint density at radius 1 is 0.705 bits per heavy atom. The van der Waals surface area contributed by atoms with Crippen LogP contribution in [0.4, 0.5) is 20.4 Å². The van der Waals surface area contributed by atoms with Crippen LogP contribution in [-0.4, -0.2) is 27.1 Å². The maximum Gasteiger partial charge on any atom is 0.273 e. The maximum atomic E-state index is 13.9.